The zero-order chi connectivity index (χ0) is 9.40. The molecule has 5 heteroatoms. The van der Waals surface area contributed by atoms with E-state index in [1.54, 1.807) is 6.92 Å². The Morgan fingerprint density at radius 3 is 2.33 bits per heavy atom. The van der Waals surface area contributed by atoms with Gasteiger partial charge in [0.2, 0.25) is 0 Å². The number of alkyl halides is 1. The molecule has 0 rings (SSSR count). The molecule has 0 atom stereocenters. The van der Waals surface area contributed by atoms with Gasteiger partial charge in [-0.2, -0.15) is 0 Å². The van der Waals surface area contributed by atoms with Crippen molar-refractivity contribution in [3.8, 4) is 0 Å². The van der Waals surface area contributed by atoms with E-state index in [0.29, 0.717) is 0 Å². The van der Waals surface area contributed by atoms with Crippen molar-refractivity contribution in [1.82, 2.24) is 0 Å². The number of hydrogen-bond acceptors (Lipinski definition) is 4. The average Bonchev–Trinajstić information content (AvgIpc) is 2.01. The number of hydrogen-bond donors (Lipinski definition) is 0. The van der Waals surface area contributed by atoms with Crippen LogP contribution in [-0.2, 0) is 19.1 Å². The van der Waals surface area contributed by atoms with E-state index in [0.717, 1.165) is 0 Å². The van der Waals surface area contributed by atoms with Gasteiger partial charge in [0.15, 0.2) is 0 Å². The fraction of sp³-hybridized carbons (Fsp3) is 0.714. The van der Waals surface area contributed by atoms with E-state index in [2.05, 4.69) is 9.47 Å². The number of rotatable bonds is 5. The maximum Gasteiger partial charge on any atom is 0.317 e. The van der Waals surface area contributed by atoms with Crippen LogP contribution in [0.5, 0.6) is 0 Å². The van der Waals surface area contributed by atoms with Crippen LogP contribution in [0.1, 0.15) is 13.3 Å². The monoisotopic (exact) mass is 194 g/mol. The summed E-state index contributed by atoms with van der Waals surface area (Å²) in [5.74, 6) is -0.944. The van der Waals surface area contributed by atoms with Gasteiger partial charge in [-0.3, -0.25) is 9.59 Å². The van der Waals surface area contributed by atoms with E-state index < -0.39 is 11.9 Å². The molecule has 0 aliphatic carbocycles. The summed E-state index contributed by atoms with van der Waals surface area (Å²) in [5.41, 5.74) is 0. The summed E-state index contributed by atoms with van der Waals surface area (Å²) in [7, 11) is 0. The van der Waals surface area contributed by atoms with Gasteiger partial charge in [0.05, 0.1) is 12.5 Å². The topological polar surface area (TPSA) is 52.6 Å². The molecule has 0 fully saturated rings. The van der Waals surface area contributed by atoms with E-state index in [1.165, 1.54) is 0 Å². The summed E-state index contributed by atoms with van der Waals surface area (Å²) < 4.78 is 9.06. The Morgan fingerprint density at radius 2 is 1.83 bits per heavy atom. The smallest absolute Gasteiger partial charge is 0.317 e. The van der Waals surface area contributed by atoms with Crippen LogP contribution in [0.15, 0.2) is 0 Å². The molecule has 0 saturated carbocycles. The van der Waals surface area contributed by atoms with E-state index in [9.17, 15) is 9.59 Å². The van der Waals surface area contributed by atoms with Crippen LogP contribution >= 0.6 is 11.6 Å². The summed E-state index contributed by atoms with van der Waals surface area (Å²) >= 11 is 5.25. The van der Waals surface area contributed by atoms with Crippen molar-refractivity contribution in [3.05, 3.63) is 0 Å². The number of carbonyl (C=O) groups is 2. The van der Waals surface area contributed by atoms with Gasteiger partial charge in [0.1, 0.15) is 13.0 Å². The molecule has 0 saturated heterocycles. The summed E-state index contributed by atoms with van der Waals surface area (Å²) in [4.78, 5) is 21.4. The van der Waals surface area contributed by atoms with Gasteiger partial charge < -0.3 is 9.47 Å². The third-order valence-electron chi connectivity index (χ3n) is 0.934. The van der Waals surface area contributed by atoms with Crippen molar-refractivity contribution < 1.29 is 19.1 Å². The second kappa shape index (κ2) is 6.91. The van der Waals surface area contributed by atoms with Crippen LogP contribution in [-0.4, -0.2) is 31.0 Å². The lowest BCUT2D eigenvalue weighted by molar-refractivity contribution is -0.153. The molecule has 0 unspecified atom stereocenters. The molecule has 4 nitrogen and oxygen atoms in total. The molecule has 0 heterocycles. The highest BCUT2D eigenvalue weighted by molar-refractivity contribution is 6.18. The lowest BCUT2D eigenvalue weighted by Crippen LogP contribution is -2.14. The van der Waals surface area contributed by atoms with E-state index in [4.69, 9.17) is 11.6 Å². The largest absolute Gasteiger partial charge is 0.466 e. The van der Waals surface area contributed by atoms with Crippen LogP contribution < -0.4 is 0 Å². The van der Waals surface area contributed by atoms with Crippen molar-refractivity contribution in [2.75, 3.05) is 19.1 Å². The van der Waals surface area contributed by atoms with Crippen molar-refractivity contribution in [1.29, 1.82) is 0 Å². The highest BCUT2D eigenvalue weighted by atomic mass is 35.5. The van der Waals surface area contributed by atoms with E-state index in [1.807, 2.05) is 0 Å². The molecular weight excluding hydrogens is 184 g/mol. The fourth-order valence-electron chi connectivity index (χ4n) is 0.533. The second-order valence-corrected chi connectivity index (χ2v) is 2.27. The Balaban J connectivity index is 3.47. The molecule has 12 heavy (non-hydrogen) atoms. The molecule has 0 aliphatic heterocycles. The summed E-state index contributed by atoms with van der Waals surface area (Å²) in [6.07, 6.45) is -0.343. The first-order chi connectivity index (χ1) is 5.70. The number of ether oxygens (including phenoxy) is 2. The summed E-state index contributed by atoms with van der Waals surface area (Å²) in [6.45, 7) is 2.06. The third kappa shape index (κ3) is 5.97. The highest BCUT2D eigenvalue weighted by Crippen LogP contribution is 1.91. The first-order valence-corrected chi connectivity index (χ1v) is 4.11. The van der Waals surface area contributed by atoms with Crippen molar-refractivity contribution in [2.45, 2.75) is 13.3 Å². The molecule has 0 aromatic rings. The van der Waals surface area contributed by atoms with Crippen molar-refractivity contribution in [2.24, 2.45) is 0 Å². The molecule has 0 aromatic carbocycles. The van der Waals surface area contributed by atoms with Crippen LogP contribution in [0.4, 0.5) is 0 Å². The van der Waals surface area contributed by atoms with E-state index in [-0.39, 0.29) is 25.5 Å². The minimum Gasteiger partial charge on any atom is -0.466 e. The zero-order valence-electron chi connectivity index (χ0n) is 6.84. The van der Waals surface area contributed by atoms with Gasteiger partial charge in [0.25, 0.3) is 0 Å². The molecule has 0 bridgehead atoms. The van der Waals surface area contributed by atoms with Gasteiger partial charge in [-0.15, -0.1) is 11.6 Å². The quantitative estimate of drug-likeness (QED) is 0.368. The van der Waals surface area contributed by atoms with Gasteiger partial charge in [-0.05, 0) is 6.92 Å². The van der Waals surface area contributed by atoms with Gasteiger partial charge in [-0.1, -0.05) is 0 Å². The lowest BCUT2D eigenvalue weighted by Gasteiger charge is -2.01. The first kappa shape index (κ1) is 11.2. The normalized spacial score (nSPS) is 9.17. The van der Waals surface area contributed by atoms with Gasteiger partial charge in [-0.25, -0.2) is 0 Å². The molecular formula is C7H11ClO4. The molecule has 70 valence electrons. The molecule has 0 aromatic heterocycles. The SMILES string of the molecule is CCOC(=O)CC(=O)OCCCl. The Kier molecular flexibility index (Phi) is 6.47. The molecule has 0 spiro atoms. The molecule has 0 aliphatic rings. The second-order valence-electron chi connectivity index (χ2n) is 1.89. The Morgan fingerprint density at radius 1 is 1.25 bits per heavy atom. The first-order valence-electron chi connectivity index (χ1n) is 3.58. The third-order valence-corrected chi connectivity index (χ3v) is 1.09. The van der Waals surface area contributed by atoms with Gasteiger partial charge in [0, 0.05) is 0 Å². The minimum absolute atomic E-state index is 0.125. The maximum absolute atomic E-state index is 10.7. The van der Waals surface area contributed by atoms with Crippen LogP contribution in [0.2, 0.25) is 0 Å². The number of halogens is 1. The molecule has 0 amide bonds. The van der Waals surface area contributed by atoms with Crippen LogP contribution in [0.25, 0.3) is 0 Å². The lowest BCUT2D eigenvalue weighted by atomic mass is 10.4. The van der Waals surface area contributed by atoms with E-state index >= 15 is 0 Å². The van der Waals surface area contributed by atoms with Crippen LogP contribution in [0, 0.1) is 0 Å². The van der Waals surface area contributed by atoms with Crippen molar-refractivity contribution in [3.63, 3.8) is 0 Å². The summed E-state index contributed by atoms with van der Waals surface area (Å²) in [5, 5.41) is 0. The predicted molar refractivity (Wildman–Crippen MR) is 42.9 cm³/mol. The fourth-order valence-corrected chi connectivity index (χ4v) is 0.610. The average molecular weight is 195 g/mol. The Hall–Kier alpha value is -0.770. The van der Waals surface area contributed by atoms with Gasteiger partial charge >= 0.3 is 11.9 Å². The summed E-state index contributed by atoms with van der Waals surface area (Å²) in [6, 6.07) is 0. The minimum atomic E-state index is -0.603. The predicted octanol–water partition coefficient (Wildman–Crippen LogP) is 0.722. The maximum atomic E-state index is 10.7. The highest BCUT2D eigenvalue weighted by Gasteiger charge is 2.10. The van der Waals surface area contributed by atoms with Crippen molar-refractivity contribution >= 4 is 23.5 Å². The number of esters is 2. The zero-order valence-corrected chi connectivity index (χ0v) is 7.60. The molecule has 0 N–H and O–H groups in total. The standard InChI is InChI=1S/C7H11ClO4/c1-2-11-6(9)5-7(10)12-4-3-8/h2-5H2,1H3. The Bertz CT molecular complexity index is 157. The van der Waals surface area contributed by atoms with Crippen LogP contribution in [0.3, 0.4) is 0 Å². The molecule has 0 radical (unpaired) electrons. The number of carbonyl (C=O) groups excluding carboxylic acids is 2. The Labute approximate surface area is 75.8 Å².